The van der Waals surface area contributed by atoms with Crippen molar-refractivity contribution in [2.45, 2.75) is 25.9 Å². The van der Waals surface area contributed by atoms with Crippen LogP contribution in [0, 0.1) is 6.92 Å². The van der Waals surface area contributed by atoms with Crippen molar-refractivity contribution in [3.8, 4) is 11.3 Å². The van der Waals surface area contributed by atoms with Crippen LogP contribution in [0.15, 0.2) is 103 Å². The number of ether oxygens (including phenoxy) is 1. The summed E-state index contributed by atoms with van der Waals surface area (Å²) in [6.07, 6.45) is 7.14. The average molecular weight is 549 g/mol. The summed E-state index contributed by atoms with van der Waals surface area (Å²) in [6, 6.07) is 26.6. The molecule has 2 heterocycles. The minimum atomic E-state index is -0.719. The molecule has 7 heteroatoms. The lowest BCUT2D eigenvalue weighted by Gasteiger charge is -2.33. The fourth-order valence-corrected chi connectivity index (χ4v) is 4.45. The molecule has 0 spiro atoms. The quantitative estimate of drug-likeness (QED) is 0.227. The van der Waals surface area contributed by atoms with Crippen LogP contribution in [0.4, 0.5) is 0 Å². The maximum atomic E-state index is 13.9. The number of aromatic nitrogens is 2. The van der Waals surface area contributed by atoms with Crippen molar-refractivity contribution >= 4 is 17.9 Å². The number of hydrogen-bond acceptors (Lipinski definition) is 5. The summed E-state index contributed by atoms with van der Waals surface area (Å²) >= 11 is 0. The Kier molecular flexibility index (Phi) is 10.5. The summed E-state index contributed by atoms with van der Waals surface area (Å²) in [5, 5.41) is 0. The van der Waals surface area contributed by atoms with E-state index in [4.69, 9.17) is 4.74 Å². The lowest BCUT2D eigenvalue weighted by molar-refractivity contribution is -0.143. The minimum Gasteiger partial charge on any atom is -0.383 e. The Bertz CT molecular complexity index is 1420. The number of pyridine rings is 2. The number of aryl methyl sites for hydroxylation is 1. The van der Waals surface area contributed by atoms with Crippen LogP contribution in [0.25, 0.3) is 17.3 Å². The summed E-state index contributed by atoms with van der Waals surface area (Å²) in [4.78, 5) is 39.8. The van der Waals surface area contributed by atoms with E-state index in [1.165, 1.54) is 6.08 Å². The van der Waals surface area contributed by atoms with E-state index >= 15 is 0 Å². The van der Waals surface area contributed by atoms with E-state index in [1.807, 2.05) is 91.9 Å². The van der Waals surface area contributed by atoms with E-state index in [0.717, 1.165) is 33.6 Å². The highest BCUT2D eigenvalue weighted by molar-refractivity contribution is 5.95. The van der Waals surface area contributed by atoms with E-state index in [0.29, 0.717) is 19.6 Å². The van der Waals surface area contributed by atoms with Gasteiger partial charge < -0.3 is 14.5 Å². The molecule has 1 atom stereocenters. The number of carbonyl (C=O) groups excluding carboxylic acids is 2. The van der Waals surface area contributed by atoms with Crippen molar-refractivity contribution in [1.29, 1.82) is 0 Å². The molecule has 2 aromatic carbocycles. The van der Waals surface area contributed by atoms with Gasteiger partial charge in [-0.1, -0.05) is 66.7 Å². The molecule has 0 unspecified atom stereocenters. The fourth-order valence-electron chi connectivity index (χ4n) is 4.45. The Hall–Kier alpha value is -4.62. The number of likely N-dealkylation sites (N-methyl/N-ethyl adjacent to an activating group) is 1. The van der Waals surface area contributed by atoms with E-state index in [2.05, 4.69) is 9.97 Å². The summed E-state index contributed by atoms with van der Waals surface area (Å²) in [5.41, 5.74) is 5.45. The van der Waals surface area contributed by atoms with Gasteiger partial charge in [0.1, 0.15) is 6.04 Å². The normalized spacial score (nSPS) is 11.8. The molecular weight excluding hydrogens is 512 g/mol. The summed E-state index contributed by atoms with van der Waals surface area (Å²) < 4.78 is 5.21. The van der Waals surface area contributed by atoms with Gasteiger partial charge in [0.05, 0.1) is 12.3 Å². The number of rotatable bonds is 12. The summed E-state index contributed by atoms with van der Waals surface area (Å²) in [7, 11) is 3.35. The lowest BCUT2D eigenvalue weighted by Crippen LogP contribution is -2.51. The Balaban J connectivity index is 1.68. The van der Waals surface area contributed by atoms with Gasteiger partial charge in [-0.05, 0) is 47.9 Å². The number of benzene rings is 2. The molecule has 41 heavy (non-hydrogen) atoms. The van der Waals surface area contributed by atoms with Gasteiger partial charge in [-0.3, -0.25) is 19.6 Å². The SMILES string of the molecule is COCCN(C)C(=O)[C@H](Cc1ccccc1)N(Cc1ccc(-c2ccccn2)cc1)C(=O)/C=C/c1ccc(C)nc1. The summed E-state index contributed by atoms with van der Waals surface area (Å²) in [5.74, 6) is -0.399. The third-order valence-corrected chi connectivity index (χ3v) is 6.84. The summed E-state index contributed by atoms with van der Waals surface area (Å²) in [6.45, 7) is 3.01. The van der Waals surface area contributed by atoms with E-state index in [1.54, 1.807) is 42.4 Å². The Morgan fingerprint density at radius 2 is 1.66 bits per heavy atom. The Morgan fingerprint density at radius 3 is 2.32 bits per heavy atom. The van der Waals surface area contributed by atoms with Gasteiger partial charge in [-0.2, -0.15) is 0 Å². The molecule has 0 bridgehead atoms. The van der Waals surface area contributed by atoms with E-state index in [9.17, 15) is 9.59 Å². The molecule has 0 radical (unpaired) electrons. The molecule has 2 amide bonds. The molecule has 210 valence electrons. The zero-order chi connectivity index (χ0) is 29.0. The average Bonchev–Trinajstić information content (AvgIpc) is 3.02. The molecule has 4 rings (SSSR count). The van der Waals surface area contributed by atoms with Gasteiger partial charge in [0.15, 0.2) is 0 Å². The van der Waals surface area contributed by atoms with Crippen molar-refractivity contribution in [2.24, 2.45) is 0 Å². The highest BCUT2D eigenvalue weighted by Crippen LogP contribution is 2.21. The van der Waals surface area contributed by atoms with Crippen LogP contribution >= 0.6 is 0 Å². The topological polar surface area (TPSA) is 75.6 Å². The van der Waals surface area contributed by atoms with Crippen molar-refractivity contribution in [2.75, 3.05) is 27.3 Å². The van der Waals surface area contributed by atoms with Gasteiger partial charge in [0, 0.05) is 63.4 Å². The van der Waals surface area contributed by atoms with Crippen LogP contribution in [-0.2, 0) is 27.3 Å². The van der Waals surface area contributed by atoms with Crippen LogP contribution in [0.2, 0.25) is 0 Å². The second-order valence-corrected chi connectivity index (χ2v) is 9.90. The maximum absolute atomic E-state index is 13.9. The number of methoxy groups -OCH3 is 1. The molecule has 0 aliphatic rings. The maximum Gasteiger partial charge on any atom is 0.247 e. The van der Waals surface area contributed by atoms with Crippen molar-refractivity contribution in [1.82, 2.24) is 19.8 Å². The van der Waals surface area contributed by atoms with Gasteiger partial charge in [0.25, 0.3) is 0 Å². The Morgan fingerprint density at radius 1 is 0.902 bits per heavy atom. The highest BCUT2D eigenvalue weighted by Gasteiger charge is 2.31. The first-order chi connectivity index (χ1) is 19.9. The molecule has 7 nitrogen and oxygen atoms in total. The number of carbonyl (C=O) groups is 2. The molecule has 2 aromatic heterocycles. The third-order valence-electron chi connectivity index (χ3n) is 6.84. The molecule has 4 aromatic rings. The number of hydrogen-bond donors (Lipinski definition) is 0. The van der Waals surface area contributed by atoms with E-state index in [-0.39, 0.29) is 18.4 Å². The van der Waals surface area contributed by atoms with Crippen molar-refractivity contribution < 1.29 is 14.3 Å². The van der Waals surface area contributed by atoms with Crippen LogP contribution in [0.1, 0.15) is 22.4 Å². The monoisotopic (exact) mass is 548 g/mol. The molecule has 0 aliphatic heterocycles. The highest BCUT2D eigenvalue weighted by atomic mass is 16.5. The van der Waals surface area contributed by atoms with Crippen LogP contribution < -0.4 is 0 Å². The largest absolute Gasteiger partial charge is 0.383 e. The fraction of sp³-hybridized carbons (Fsp3) is 0.235. The first-order valence-electron chi connectivity index (χ1n) is 13.6. The van der Waals surface area contributed by atoms with Crippen molar-refractivity contribution in [3.63, 3.8) is 0 Å². The van der Waals surface area contributed by atoms with Gasteiger partial charge >= 0.3 is 0 Å². The predicted molar refractivity (Wildman–Crippen MR) is 162 cm³/mol. The minimum absolute atomic E-state index is 0.144. The van der Waals surface area contributed by atoms with Gasteiger partial charge in [-0.25, -0.2) is 0 Å². The lowest BCUT2D eigenvalue weighted by atomic mass is 10.0. The smallest absolute Gasteiger partial charge is 0.247 e. The zero-order valence-corrected chi connectivity index (χ0v) is 23.8. The van der Waals surface area contributed by atoms with Crippen LogP contribution in [-0.4, -0.2) is 64.9 Å². The second kappa shape index (κ2) is 14.7. The molecule has 0 saturated heterocycles. The van der Waals surface area contributed by atoms with Gasteiger partial charge in [0.2, 0.25) is 11.8 Å². The predicted octanol–water partition coefficient (Wildman–Crippen LogP) is 5.21. The van der Waals surface area contributed by atoms with Crippen molar-refractivity contribution in [3.05, 3.63) is 126 Å². The number of nitrogens with zero attached hydrogens (tertiary/aromatic N) is 4. The standard InChI is InChI=1S/C34H36N4O3/c1-26-12-13-28(24-36-26)16-19-33(39)38(25-29-14-17-30(18-15-29)31-11-7-8-20-35-31)32(23-27-9-5-4-6-10-27)34(40)37(2)21-22-41-3/h4-20,24,32H,21-23,25H2,1-3H3/b19-16+/t32-/m0/s1. The van der Waals surface area contributed by atoms with E-state index < -0.39 is 6.04 Å². The molecular formula is C34H36N4O3. The Labute approximate surface area is 242 Å². The molecule has 0 N–H and O–H groups in total. The second-order valence-electron chi connectivity index (χ2n) is 9.90. The molecule has 0 saturated carbocycles. The van der Waals surface area contributed by atoms with Gasteiger partial charge in [-0.15, -0.1) is 0 Å². The molecule has 0 fully saturated rings. The first kappa shape index (κ1) is 29.4. The van der Waals surface area contributed by atoms with Crippen LogP contribution in [0.5, 0.6) is 0 Å². The first-order valence-corrected chi connectivity index (χ1v) is 13.6. The number of amides is 2. The van der Waals surface area contributed by atoms with Crippen LogP contribution in [0.3, 0.4) is 0 Å². The zero-order valence-electron chi connectivity index (χ0n) is 23.8. The third kappa shape index (κ3) is 8.43. The molecule has 0 aliphatic carbocycles.